The van der Waals surface area contributed by atoms with Crippen LogP contribution < -0.4 is 0 Å². The van der Waals surface area contributed by atoms with Gasteiger partial charge in [-0.1, -0.05) is 19.3 Å². The molecule has 0 N–H and O–H groups in total. The maximum atomic E-state index is 5.81. The Hall–Kier alpha value is 0.0569. The molecule has 0 bridgehead atoms. The van der Waals surface area contributed by atoms with Crippen LogP contribution in [0.15, 0.2) is 0 Å². The van der Waals surface area contributed by atoms with Crippen LogP contribution in [0.4, 0.5) is 0 Å². The first-order valence-corrected chi connectivity index (χ1v) is 8.49. The van der Waals surface area contributed by atoms with Crippen molar-refractivity contribution < 1.29 is 18.0 Å². The highest BCUT2D eigenvalue weighted by Crippen LogP contribution is 2.41. The minimum Gasteiger partial charge on any atom is -0.377 e. The van der Waals surface area contributed by atoms with Crippen molar-refractivity contribution >= 4 is 8.80 Å². The molecule has 1 saturated heterocycles. The van der Waals surface area contributed by atoms with Crippen LogP contribution in [0, 0.1) is 5.92 Å². The molecule has 0 radical (unpaired) electrons. The summed E-state index contributed by atoms with van der Waals surface area (Å²) < 4.78 is 22.1. The zero-order valence-electron chi connectivity index (χ0n) is 11.1. The molecule has 1 saturated carbocycles. The van der Waals surface area contributed by atoms with E-state index in [4.69, 9.17) is 18.0 Å². The monoisotopic (exact) mass is 260 g/mol. The second-order valence-corrected chi connectivity index (χ2v) is 8.04. The van der Waals surface area contributed by atoms with Crippen molar-refractivity contribution in [2.24, 2.45) is 5.92 Å². The first-order chi connectivity index (χ1) is 8.24. The van der Waals surface area contributed by atoms with E-state index in [2.05, 4.69) is 0 Å². The van der Waals surface area contributed by atoms with Crippen molar-refractivity contribution in [2.75, 3.05) is 21.3 Å². The molecule has 2 atom stereocenters. The topological polar surface area (TPSA) is 40.2 Å². The molecule has 100 valence electrons. The lowest BCUT2D eigenvalue weighted by Crippen LogP contribution is -2.44. The summed E-state index contributed by atoms with van der Waals surface area (Å²) >= 11 is 0. The Labute approximate surface area is 105 Å². The fourth-order valence-electron chi connectivity index (χ4n) is 2.94. The molecular weight excluding hydrogens is 236 g/mol. The molecule has 1 aliphatic carbocycles. The zero-order valence-corrected chi connectivity index (χ0v) is 12.1. The van der Waals surface area contributed by atoms with Gasteiger partial charge in [0.1, 0.15) is 0 Å². The molecule has 2 rings (SSSR count). The molecule has 1 aliphatic heterocycles. The van der Waals surface area contributed by atoms with Gasteiger partial charge in [0.25, 0.3) is 0 Å². The van der Waals surface area contributed by atoms with Crippen molar-refractivity contribution in [3.8, 4) is 0 Å². The van der Waals surface area contributed by atoms with Gasteiger partial charge in [0.15, 0.2) is 0 Å². The van der Waals surface area contributed by atoms with Gasteiger partial charge in [0.2, 0.25) is 0 Å². The lowest BCUT2D eigenvalue weighted by Gasteiger charge is -2.24. The molecule has 17 heavy (non-hydrogen) atoms. The standard InChI is InChI=1S/C12H24O4Si/c1-13-17(14-2,15-3)9-11-12(16-11)10-7-5-4-6-8-10/h10-12H,4-9H2,1-3H3. The Morgan fingerprint density at radius 1 is 1.00 bits per heavy atom. The summed E-state index contributed by atoms with van der Waals surface area (Å²) in [5, 5.41) is 0. The average molecular weight is 260 g/mol. The minimum absolute atomic E-state index is 0.296. The summed E-state index contributed by atoms with van der Waals surface area (Å²) in [4.78, 5) is 0. The van der Waals surface area contributed by atoms with E-state index in [1.165, 1.54) is 32.1 Å². The summed E-state index contributed by atoms with van der Waals surface area (Å²) in [6.07, 6.45) is 7.48. The summed E-state index contributed by atoms with van der Waals surface area (Å²) in [5.74, 6) is 0.756. The maximum absolute atomic E-state index is 5.81. The van der Waals surface area contributed by atoms with Crippen molar-refractivity contribution in [1.82, 2.24) is 0 Å². The Morgan fingerprint density at radius 3 is 2.12 bits per heavy atom. The normalized spacial score (nSPS) is 30.5. The van der Waals surface area contributed by atoms with Crippen LogP contribution >= 0.6 is 0 Å². The summed E-state index contributed by atoms with van der Waals surface area (Å²) in [6.45, 7) is 0. The van der Waals surface area contributed by atoms with E-state index in [0.29, 0.717) is 12.2 Å². The SMILES string of the molecule is CO[Si](CC1OC1C1CCCCC1)(OC)OC. The molecule has 2 unspecified atom stereocenters. The van der Waals surface area contributed by atoms with E-state index in [9.17, 15) is 0 Å². The van der Waals surface area contributed by atoms with Crippen LogP contribution in [-0.2, 0) is 18.0 Å². The number of hydrogen-bond acceptors (Lipinski definition) is 4. The summed E-state index contributed by atoms with van der Waals surface area (Å²) in [7, 11) is 2.54. The minimum atomic E-state index is -2.45. The van der Waals surface area contributed by atoms with Crippen molar-refractivity contribution in [3.05, 3.63) is 0 Å². The van der Waals surface area contributed by atoms with E-state index in [0.717, 1.165) is 12.0 Å². The van der Waals surface area contributed by atoms with Gasteiger partial charge in [-0.25, -0.2) is 0 Å². The molecule has 5 heteroatoms. The fraction of sp³-hybridized carbons (Fsp3) is 1.00. The average Bonchev–Trinajstić information content (AvgIpc) is 3.16. The number of hydrogen-bond donors (Lipinski definition) is 0. The summed E-state index contributed by atoms with van der Waals surface area (Å²) in [6, 6.07) is 0.789. The van der Waals surface area contributed by atoms with Crippen molar-refractivity contribution in [2.45, 2.75) is 50.4 Å². The van der Waals surface area contributed by atoms with Gasteiger partial charge in [-0.3, -0.25) is 0 Å². The van der Waals surface area contributed by atoms with Crippen LogP contribution in [0.2, 0.25) is 6.04 Å². The zero-order chi connectivity index (χ0) is 12.3. The Morgan fingerprint density at radius 2 is 1.59 bits per heavy atom. The Balaban J connectivity index is 1.81. The van der Waals surface area contributed by atoms with Crippen LogP contribution in [0.25, 0.3) is 0 Å². The van der Waals surface area contributed by atoms with E-state index in [-0.39, 0.29) is 0 Å². The van der Waals surface area contributed by atoms with Crippen LogP contribution in [-0.4, -0.2) is 42.3 Å². The largest absolute Gasteiger partial charge is 0.502 e. The highest BCUT2D eigenvalue weighted by Gasteiger charge is 2.52. The van der Waals surface area contributed by atoms with Gasteiger partial charge in [-0.2, -0.15) is 0 Å². The van der Waals surface area contributed by atoms with E-state index in [1.54, 1.807) is 21.3 Å². The smallest absolute Gasteiger partial charge is 0.377 e. The van der Waals surface area contributed by atoms with Crippen molar-refractivity contribution in [3.63, 3.8) is 0 Å². The van der Waals surface area contributed by atoms with E-state index in [1.807, 2.05) is 0 Å². The van der Waals surface area contributed by atoms with Gasteiger partial charge >= 0.3 is 8.80 Å². The van der Waals surface area contributed by atoms with E-state index >= 15 is 0 Å². The van der Waals surface area contributed by atoms with Crippen LogP contribution in [0.5, 0.6) is 0 Å². The van der Waals surface area contributed by atoms with Crippen LogP contribution in [0.1, 0.15) is 32.1 Å². The fourth-order valence-corrected chi connectivity index (χ4v) is 4.77. The molecule has 0 aromatic rings. The predicted molar refractivity (Wildman–Crippen MR) is 66.8 cm³/mol. The van der Waals surface area contributed by atoms with Gasteiger partial charge in [0, 0.05) is 27.4 Å². The first kappa shape index (κ1) is 13.5. The molecule has 2 fully saturated rings. The number of epoxide rings is 1. The third kappa shape index (κ3) is 3.09. The molecule has 0 aromatic carbocycles. The number of rotatable bonds is 6. The highest BCUT2D eigenvalue weighted by molar-refractivity contribution is 6.60. The predicted octanol–water partition coefficient (Wildman–Crippen LogP) is 2.21. The third-order valence-corrected chi connectivity index (χ3v) is 6.89. The molecule has 0 amide bonds. The van der Waals surface area contributed by atoms with Crippen molar-refractivity contribution in [1.29, 1.82) is 0 Å². The molecular formula is C12H24O4Si. The van der Waals surface area contributed by atoms with Gasteiger partial charge in [-0.15, -0.1) is 0 Å². The molecule has 0 aromatic heterocycles. The highest BCUT2D eigenvalue weighted by atomic mass is 28.4. The van der Waals surface area contributed by atoms with Gasteiger partial charge in [-0.05, 0) is 18.8 Å². The number of ether oxygens (including phenoxy) is 1. The quantitative estimate of drug-likeness (QED) is 0.542. The van der Waals surface area contributed by atoms with E-state index < -0.39 is 8.80 Å². The molecule has 0 spiro atoms. The maximum Gasteiger partial charge on any atom is 0.502 e. The first-order valence-electron chi connectivity index (χ1n) is 6.55. The Bertz CT molecular complexity index is 230. The second kappa shape index (κ2) is 5.80. The van der Waals surface area contributed by atoms with Gasteiger partial charge in [0.05, 0.1) is 12.2 Å². The van der Waals surface area contributed by atoms with Crippen LogP contribution in [0.3, 0.4) is 0 Å². The second-order valence-electron chi connectivity index (χ2n) is 5.04. The molecule has 2 aliphatic rings. The lowest BCUT2D eigenvalue weighted by atomic mass is 9.86. The molecule has 1 heterocycles. The summed E-state index contributed by atoms with van der Waals surface area (Å²) in [5.41, 5.74) is 0. The van der Waals surface area contributed by atoms with Gasteiger partial charge < -0.3 is 18.0 Å². The Kier molecular flexibility index (Phi) is 4.60. The molecule has 4 nitrogen and oxygen atoms in total. The third-order valence-electron chi connectivity index (χ3n) is 4.12. The lowest BCUT2D eigenvalue weighted by molar-refractivity contribution is 0.120.